The maximum atomic E-state index is 10.9. The molecule has 1 aromatic carbocycles. The van der Waals surface area contributed by atoms with Gasteiger partial charge in [-0.25, -0.2) is 14.8 Å². The largest absolute Gasteiger partial charge is 0.478 e. The zero-order valence-corrected chi connectivity index (χ0v) is 9.58. The van der Waals surface area contributed by atoms with Crippen LogP contribution in [0.5, 0.6) is 0 Å². The molecule has 2 aromatic rings. The molecule has 0 bridgehead atoms. The van der Waals surface area contributed by atoms with E-state index in [-0.39, 0.29) is 5.56 Å². The van der Waals surface area contributed by atoms with Crippen molar-refractivity contribution in [2.75, 3.05) is 17.3 Å². The van der Waals surface area contributed by atoms with Gasteiger partial charge in [-0.05, 0) is 18.2 Å². The molecule has 3 rings (SSSR count). The molecule has 1 aromatic heterocycles. The summed E-state index contributed by atoms with van der Waals surface area (Å²) in [6, 6.07) is 4.91. The molecule has 0 aliphatic carbocycles. The van der Waals surface area contributed by atoms with Crippen LogP contribution < -0.4 is 10.2 Å². The van der Waals surface area contributed by atoms with E-state index in [0.29, 0.717) is 17.3 Å². The number of carboxylic acid groups (broad SMARTS) is 1. The number of anilines is 4. The van der Waals surface area contributed by atoms with Crippen molar-refractivity contribution in [3.8, 4) is 0 Å². The van der Waals surface area contributed by atoms with E-state index in [1.165, 1.54) is 0 Å². The minimum absolute atomic E-state index is 0.238. The molecular weight excluding hydrogens is 232 g/mol. The Kier molecular flexibility index (Phi) is 2.16. The fourth-order valence-electron chi connectivity index (χ4n) is 1.97. The van der Waals surface area contributed by atoms with Crippen LogP contribution in [0, 0.1) is 0 Å². The lowest BCUT2D eigenvalue weighted by molar-refractivity contribution is 0.0697. The van der Waals surface area contributed by atoms with E-state index >= 15 is 0 Å². The summed E-state index contributed by atoms with van der Waals surface area (Å²) < 4.78 is 0. The summed E-state index contributed by atoms with van der Waals surface area (Å²) in [7, 11) is 1.87. The minimum Gasteiger partial charge on any atom is -0.478 e. The molecule has 0 amide bonds. The van der Waals surface area contributed by atoms with Gasteiger partial charge in [0, 0.05) is 19.4 Å². The third-order valence-electron chi connectivity index (χ3n) is 2.85. The second-order valence-electron chi connectivity index (χ2n) is 3.95. The van der Waals surface area contributed by atoms with E-state index in [1.54, 1.807) is 30.6 Å². The zero-order valence-electron chi connectivity index (χ0n) is 9.58. The number of aromatic nitrogens is 2. The van der Waals surface area contributed by atoms with Gasteiger partial charge in [-0.1, -0.05) is 0 Å². The van der Waals surface area contributed by atoms with Gasteiger partial charge in [0.15, 0.2) is 11.6 Å². The zero-order chi connectivity index (χ0) is 12.7. The van der Waals surface area contributed by atoms with Crippen LogP contribution >= 0.6 is 0 Å². The van der Waals surface area contributed by atoms with Crippen LogP contribution in [0.15, 0.2) is 30.6 Å². The summed E-state index contributed by atoms with van der Waals surface area (Å²) in [4.78, 5) is 21.2. The Morgan fingerprint density at radius 3 is 2.89 bits per heavy atom. The number of benzene rings is 1. The molecule has 90 valence electrons. The fourth-order valence-corrected chi connectivity index (χ4v) is 1.97. The predicted octanol–water partition coefficient (Wildman–Crippen LogP) is 2.00. The van der Waals surface area contributed by atoms with Gasteiger partial charge >= 0.3 is 5.97 Å². The number of rotatable bonds is 1. The molecular formula is C12H10N4O2. The van der Waals surface area contributed by atoms with Crippen LogP contribution in [0.4, 0.5) is 23.0 Å². The third kappa shape index (κ3) is 1.46. The highest BCUT2D eigenvalue weighted by molar-refractivity contribution is 5.94. The maximum Gasteiger partial charge on any atom is 0.335 e. The Balaban J connectivity index is 2.13. The van der Waals surface area contributed by atoms with Gasteiger partial charge in [0.2, 0.25) is 0 Å². The van der Waals surface area contributed by atoms with E-state index in [4.69, 9.17) is 5.11 Å². The summed E-state index contributed by atoms with van der Waals surface area (Å²) in [5.41, 5.74) is 1.82. The first-order chi connectivity index (χ1) is 8.66. The molecule has 0 saturated carbocycles. The van der Waals surface area contributed by atoms with E-state index in [2.05, 4.69) is 15.3 Å². The van der Waals surface area contributed by atoms with Crippen LogP contribution in [0.2, 0.25) is 0 Å². The van der Waals surface area contributed by atoms with Crippen molar-refractivity contribution >= 4 is 29.0 Å². The minimum atomic E-state index is -0.952. The molecule has 1 aliphatic heterocycles. The molecule has 6 nitrogen and oxygen atoms in total. The predicted molar refractivity (Wildman–Crippen MR) is 66.8 cm³/mol. The van der Waals surface area contributed by atoms with Gasteiger partial charge in [0.1, 0.15) is 0 Å². The smallest absolute Gasteiger partial charge is 0.335 e. The SMILES string of the molecule is CN1c2ccc(C(=O)O)cc2Nc2nccnc21. The Morgan fingerprint density at radius 2 is 2.11 bits per heavy atom. The second-order valence-corrected chi connectivity index (χ2v) is 3.95. The summed E-state index contributed by atoms with van der Waals surface area (Å²) in [5, 5.41) is 12.1. The van der Waals surface area contributed by atoms with Crippen molar-refractivity contribution in [1.29, 1.82) is 0 Å². The van der Waals surface area contributed by atoms with Gasteiger partial charge in [-0.3, -0.25) is 0 Å². The van der Waals surface area contributed by atoms with Crippen LogP contribution in [-0.4, -0.2) is 28.1 Å². The van der Waals surface area contributed by atoms with Crippen LogP contribution in [0.3, 0.4) is 0 Å². The van der Waals surface area contributed by atoms with E-state index in [1.807, 2.05) is 11.9 Å². The lowest BCUT2D eigenvalue weighted by atomic mass is 10.1. The molecule has 0 spiro atoms. The van der Waals surface area contributed by atoms with Gasteiger partial charge in [0.25, 0.3) is 0 Å². The number of fused-ring (bicyclic) bond motifs is 2. The number of carboxylic acids is 1. The summed E-state index contributed by atoms with van der Waals surface area (Å²) >= 11 is 0. The first-order valence-electron chi connectivity index (χ1n) is 5.36. The van der Waals surface area contributed by atoms with Gasteiger partial charge in [-0.15, -0.1) is 0 Å². The number of hydrogen-bond donors (Lipinski definition) is 2. The molecule has 1 aliphatic rings. The number of nitrogens with one attached hydrogen (secondary N) is 1. The first kappa shape index (κ1) is 10.5. The Bertz CT molecular complexity index is 642. The first-order valence-corrected chi connectivity index (χ1v) is 5.36. The molecule has 0 fully saturated rings. The van der Waals surface area contributed by atoms with Crippen molar-refractivity contribution in [2.24, 2.45) is 0 Å². The standard InChI is InChI=1S/C12H10N4O2/c1-16-9-3-2-7(12(17)18)6-8(9)15-10-11(16)14-5-4-13-10/h2-6H,1H3,(H,13,15)(H,17,18). The van der Waals surface area contributed by atoms with Crippen LogP contribution in [0.25, 0.3) is 0 Å². The maximum absolute atomic E-state index is 10.9. The highest BCUT2D eigenvalue weighted by atomic mass is 16.4. The normalized spacial score (nSPS) is 12.4. The van der Waals surface area contributed by atoms with Crippen molar-refractivity contribution < 1.29 is 9.90 Å². The average Bonchev–Trinajstić information content (AvgIpc) is 2.38. The average molecular weight is 242 g/mol. The van der Waals surface area contributed by atoms with Crippen LogP contribution in [-0.2, 0) is 0 Å². The molecule has 0 atom stereocenters. The lowest BCUT2D eigenvalue weighted by Crippen LogP contribution is -2.20. The number of aromatic carboxylic acids is 1. The van der Waals surface area contributed by atoms with E-state index < -0.39 is 5.97 Å². The van der Waals surface area contributed by atoms with Crippen molar-refractivity contribution in [1.82, 2.24) is 9.97 Å². The fraction of sp³-hybridized carbons (Fsp3) is 0.0833. The van der Waals surface area contributed by atoms with E-state index in [9.17, 15) is 4.79 Å². The van der Waals surface area contributed by atoms with Gasteiger partial charge in [0.05, 0.1) is 16.9 Å². The van der Waals surface area contributed by atoms with Crippen LogP contribution in [0.1, 0.15) is 10.4 Å². The second kappa shape index (κ2) is 3.69. The third-order valence-corrected chi connectivity index (χ3v) is 2.85. The quantitative estimate of drug-likeness (QED) is 0.796. The Morgan fingerprint density at radius 1 is 1.33 bits per heavy atom. The molecule has 2 N–H and O–H groups in total. The molecule has 0 unspecified atom stereocenters. The molecule has 6 heteroatoms. The topological polar surface area (TPSA) is 78.4 Å². The van der Waals surface area contributed by atoms with Gasteiger partial charge in [-0.2, -0.15) is 0 Å². The Hall–Kier alpha value is -2.63. The molecule has 0 saturated heterocycles. The molecule has 2 heterocycles. The molecule has 0 radical (unpaired) electrons. The monoisotopic (exact) mass is 242 g/mol. The number of nitrogens with zero attached hydrogens (tertiary/aromatic N) is 3. The van der Waals surface area contributed by atoms with Gasteiger partial charge < -0.3 is 15.3 Å². The molecule has 18 heavy (non-hydrogen) atoms. The Labute approximate surface area is 103 Å². The van der Waals surface area contributed by atoms with Crippen molar-refractivity contribution in [3.05, 3.63) is 36.2 Å². The number of carbonyl (C=O) groups is 1. The number of hydrogen-bond acceptors (Lipinski definition) is 5. The summed E-state index contributed by atoms with van der Waals surface area (Å²) in [6.45, 7) is 0. The van der Waals surface area contributed by atoms with Crippen molar-refractivity contribution in [2.45, 2.75) is 0 Å². The van der Waals surface area contributed by atoms with Crippen molar-refractivity contribution in [3.63, 3.8) is 0 Å². The highest BCUT2D eigenvalue weighted by Gasteiger charge is 2.22. The lowest BCUT2D eigenvalue weighted by Gasteiger charge is -2.28. The summed E-state index contributed by atoms with van der Waals surface area (Å²) in [5.74, 6) is 0.385. The summed E-state index contributed by atoms with van der Waals surface area (Å²) in [6.07, 6.45) is 3.21. The highest BCUT2D eigenvalue weighted by Crippen LogP contribution is 2.40. The van der Waals surface area contributed by atoms with E-state index in [0.717, 1.165) is 5.69 Å².